The number of halogens is 3. The first-order chi connectivity index (χ1) is 12.1. The number of benzene rings is 1. The fraction of sp³-hybridized carbons (Fsp3) is 0.412. The molecular formula is C17H23Cl3N4O2S. The fourth-order valence-corrected chi connectivity index (χ4v) is 3.72. The van der Waals surface area contributed by atoms with Crippen molar-refractivity contribution in [2.75, 3.05) is 31.2 Å². The van der Waals surface area contributed by atoms with Gasteiger partial charge < -0.3 is 10.5 Å². The summed E-state index contributed by atoms with van der Waals surface area (Å²) in [5, 5.41) is 5.67. The standard InChI is InChI=1S/C17H21ClN4O2S.2ClH/c1-24-15-8-14(19)13(18)7-12(15)16(23)21-17-20-11(10-25-17)9-22-5-3-2-4-6-22;;/h7-8,10H,2-6,9,19H2,1H3,(H,20,21,23);2*1H. The van der Waals surface area contributed by atoms with Crippen molar-refractivity contribution in [2.24, 2.45) is 0 Å². The predicted molar refractivity (Wildman–Crippen MR) is 116 cm³/mol. The van der Waals surface area contributed by atoms with Crippen LogP contribution in [-0.2, 0) is 6.54 Å². The number of thiazole rings is 1. The minimum atomic E-state index is -0.322. The minimum Gasteiger partial charge on any atom is -0.496 e. The Morgan fingerprint density at radius 3 is 2.70 bits per heavy atom. The zero-order valence-electron chi connectivity index (χ0n) is 14.9. The van der Waals surface area contributed by atoms with Gasteiger partial charge in [0.2, 0.25) is 0 Å². The summed E-state index contributed by atoms with van der Waals surface area (Å²) in [7, 11) is 1.49. The lowest BCUT2D eigenvalue weighted by Crippen LogP contribution is -2.29. The van der Waals surface area contributed by atoms with E-state index in [2.05, 4.69) is 15.2 Å². The molecule has 27 heavy (non-hydrogen) atoms. The smallest absolute Gasteiger partial charge is 0.261 e. The first-order valence-electron chi connectivity index (χ1n) is 8.18. The van der Waals surface area contributed by atoms with E-state index in [1.165, 1.54) is 43.8 Å². The number of hydrogen-bond acceptors (Lipinski definition) is 6. The van der Waals surface area contributed by atoms with E-state index in [1.54, 1.807) is 6.07 Å². The molecule has 1 fully saturated rings. The second-order valence-corrected chi connectivity index (χ2v) is 7.27. The normalized spacial score (nSPS) is 14.0. The maximum Gasteiger partial charge on any atom is 0.261 e. The molecule has 2 aromatic rings. The number of nitrogen functional groups attached to an aromatic ring is 1. The summed E-state index contributed by atoms with van der Waals surface area (Å²) in [6.07, 6.45) is 3.79. The third-order valence-corrected chi connectivity index (χ3v) is 5.30. The SMILES string of the molecule is COc1cc(N)c(Cl)cc1C(=O)Nc1nc(CN2CCCCC2)cs1.Cl.Cl. The van der Waals surface area contributed by atoms with E-state index in [9.17, 15) is 4.79 Å². The molecule has 0 saturated carbocycles. The lowest BCUT2D eigenvalue weighted by atomic mass is 10.1. The van der Waals surface area contributed by atoms with E-state index in [-0.39, 0.29) is 30.7 Å². The van der Waals surface area contributed by atoms with E-state index in [1.807, 2.05) is 5.38 Å². The molecule has 1 saturated heterocycles. The second-order valence-electron chi connectivity index (χ2n) is 6.01. The molecule has 0 aliphatic carbocycles. The third kappa shape index (κ3) is 6.12. The number of anilines is 2. The molecule has 1 aromatic heterocycles. The number of piperidine rings is 1. The number of hydrogen-bond donors (Lipinski definition) is 2. The van der Waals surface area contributed by atoms with Crippen LogP contribution >= 0.6 is 47.8 Å². The number of likely N-dealkylation sites (tertiary alicyclic amines) is 1. The van der Waals surface area contributed by atoms with Gasteiger partial charge in [-0.15, -0.1) is 36.2 Å². The van der Waals surface area contributed by atoms with E-state index in [4.69, 9.17) is 22.1 Å². The van der Waals surface area contributed by atoms with Crippen LogP contribution in [0.3, 0.4) is 0 Å². The highest BCUT2D eigenvalue weighted by Crippen LogP contribution is 2.30. The first-order valence-corrected chi connectivity index (χ1v) is 9.43. The number of nitrogens with two attached hydrogens (primary N) is 1. The molecule has 150 valence electrons. The van der Waals surface area contributed by atoms with E-state index in [0.717, 1.165) is 25.3 Å². The summed E-state index contributed by atoms with van der Waals surface area (Å²) in [6.45, 7) is 3.05. The number of ether oxygens (including phenoxy) is 1. The first kappa shape index (κ1) is 23.8. The van der Waals surface area contributed by atoms with E-state index < -0.39 is 0 Å². The third-order valence-electron chi connectivity index (χ3n) is 4.17. The van der Waals surface area contributed by atoms with Crippen molar-refractivity contribution in [2.45, 2.75) is 25.8 Å². The monoisotopic (exact) mass is 452 g/mol. The Bertz CT molecular complexity index is 767. The van der Waals surface area contributed by atoms with Crippen molar-refractivity contribution >= 4 is 64.5 Å². The Balaban J connectivity index is 0.00000182. The van der Waals surface area contributed by atoms with Gasteiger partial charge in [0, 0.05) is 18.0 Å². The van der Waals surface area contributed by atoms with Gasteiger partial charge in [0.15, 0.2) is 5.13 Å². The maximum atomic E-state index is 12.5. The molecule has 6 nitrogen and oxygen atoms in total. The minimum absolute atomic E-state index is 0. The lowest BCUT2D eigenvalue weighted by Gasteiger charge is -2.25. The molecule has 2 heterocycles. The van der Waals surface area contributed by atoms with Crippen molar-refractivity contribution in [3.63, 3.8) is 0 Å². The molecule has 0 unspecified atom stereocenters. The summed E-state index contributed by atoms with van der Waals surface area (Å²) in [6, 6.07) is 3.05. The van der Waals surface area contributed by atoms with Gasteiger partial charge in [-0.25, -0.2) is 4.98 Å². The van der Waals surface area contributed by atoms with Crippen LogP contribution in [-0.4, -0.2) is 36.0 Å². The molecule has 0 spiro atoms. The van der Waals surface area contributed by atoms with Crippen LogP contribution in [0.4, 0.5) is 10.8 Å². The number of rotatable bonds is 5. The molecule has 3 rings (SSSR count). The zero-order chi connectivity index (χ0) is 17.8. The average molecular weight is 454 g/mol. The van der Waals surface area contributed by atoms with Crippen molar-refractivity contribution in [1.29, 1.82) is 0 Å². The molecule has 3 N–H and O–H groups in total. The van der Waals surface area contributed by atoms with Crippen LogP contribution in [0, 0.1) is 0 Å². The maximum absolute atomic E-state index is 12.5. The van der Waals surface area contributed by atoms with Crippen molar-refractivity contribution < 1.29 is 9.53 Å². The molecule has 0 atom stereocenters. The fourth-order valence-electron chi connectivity index (χ4n) is 2.86. The van der Waals surface area contributed by atoms with Gasteiger partial charge in [0.25, 0.3) is 5.91 Å². The highest BCUT2D eigenvalue weighted by atomic mass is 35.5. The van der Waals surface area contributed by atoms with Crippen LogP contribution in [0.25, 0.3) is 0 Å². The number of nitrogens with one attached hydrogen (secondary N) is 1. The molecule has 0 bridgehead atoms. The number of methoxy groups -OCH3 is 1. The molecule has 1 aliphatic rings. The van der Waals surface area contributed by atoms with Gasteiger partial charge in [-0.05, 0) is 32.0 Å². The van der Waals surface area contributed by atoms with E-state index >= 15 is 0 Å². The van der Waals surface area contributed by atoms with Crippen LogP contribution in [0.15, 0.2) is 17.5 Å². The second kappa shape index (κ2) is 10.9. The van der Waals surface area contributed by atoms with Gasteiger partial charge in [0.1, 0.15) is 5.75 Å². The summed E-state index contributed by atoms with van der Waals surface area (Å²) >= 11 is 7.44. The van der Waals surface area contributed by atoms with Gasteiger partial charge in [-0.3, -0.25) is 15.0 Å². The summed E-state index contributed by atoms with van der Waals surface area (Å²) < 4.78 is 5.22. The molecule has 1 amide bonds. The Hall–Kier alpha value is -1.25. The average Bonchev–Trinajstić information content (AvgIpc) is 3.04. The molecular weight excluding hydrogens is 431 g/mol. The van der Waals surface area contributed by atoms with Gasteiger partial charge >= 0.3 is 0 Å². The molecule has 10 heteroatoms. The Labute approximate surface area is 180 Å². The van der Waals surface area contributed by atoms with Crippen molar-refractivity contribution in [3.05, 3.63) is 33.8 Å². The number of amides is 1. The summed E-state index contributed by atoms with van der Waals surface area (Å²) in [5.74, 6) is 0.0575. The van der Waals surface area contributed by atoms with Gasteiger partial charge in [-0.1, -0.05) is 18.0 Å². The molecule has 1 aliphatic heterocycles. The summed E-state index contributed by atoms with van der Waals surface area (Å²) in [4.78, 5) is 19.4. The lowest BCUT2D eigenvalue weighted by molar-refractivity contribution is 0.102. The zero-order valence-corrected chi connectivity index (χ0v) is 18.1. The largest absolute Gasteiger partial charge is 0.496 e. The molecule has 0 radical (unpaired) electrons. The number of nitrogens with zero attached hydrogens (tertiary/aromatic N) is 2. The Kier molecular flexibility index (Phi) is 9.62. The van der Waals surface area contributed by atoms with E-state index in [0.29, 0.717) is 27.2 Å². The van der Waals surface area contributed by atoms with Crippen LogP contribution < -0.4 is 15.8 Å². The number of carbonyl (C=O) groups excluding carboxylic acids is 1. The summed E-state index contributed by atoms with van der Waals surface area (Å²) in [5.41, 5.74) is 7.42. The van der Waals surface area contributed by atoms with Crippen LogP contribution in [0.2, 0.25) is 5.02 Å². The Morgan fingerprint density at radius 1 is 1.33 bits per heavy atom. The highest BCUT2D eigenvalue weighted by Gasteiger charge is 2.17. The van der Waals surface area contributed by atoms with Crippen molar-refractivity contribution in [3.8, 4) is 5.75 Å². The van der Waals surface area contributed by atoms with Gasteiger partial charge in [0.05, 0.1) is 29.1 Å². The Morgan fingerprint density at radius 2 is 2.04 bits per heavy atom. The number of aromatic nitrogens is 1. The molecule has 1 aromatic carbocycles. The number of carbonyl (C=O) groups is 1. The van der Waals surface area contributed by atoms with Gasteiger partial charge in [-0.2, -0.15) is 0 Å². The topological polar surface area (TPSA) is 80.5 Å². The quantitative estimate of drug-likeness (QED) is 0.653. The predicted octanol–water partition coefficient (Wildman–Crippen LogP) is 4.47. The van der Waals surface area contributed by atoms with Crippen LogP contribution in [0.1, 0.15) is 35.3 Å². The van der Waals surface area contributed by atoms with Crippen LogP contribution in [0.5, 0.6) is 5.75 Å². The van der Waals surface area contributed by atoms with Crippen molar-refractivity contribution in [1.82, 2.24) is 9.88 Å². The highest BCUT2D eigenvalue weighted by molar-refractivity contribution is 7.14.